The van der Waals surface area contributed by atoms with Crippen LogP contribution in [0, 0.1) is 11.3 Å². The molecule has 17 heteroatoms. The first-order valence-corrected chi connectivity index (χ1v) is 15.9. The lowest BCUT2D eigenvalue weighted by Gasteiger charge is -2.49. The molecule has 6 N–H and O–H groups in total. The zero-order chi connectivity index (χ0) is 31.1. The van der Waals surface area contributed by atoms with Crippen LogP contribution in [0.25, 0.3) is 10.9 Å². The molecule has 1 saturated heterocycles. The van der Waals surface area contributed by atoms with Crippen LogP contribution < -0.4 is 16.0 Å². The number of nitrogens with one attached hydrogen (secondary N) is 1. The normalized spacial score (nSPS) is 18.3. The number of ketones is 1. The van der Waals surface area contributed by atoms with E-state index in [0.29, 0.717) is 23.4 Å². The van der Waals surface area contributed by atoms with E-state index in [1.165, 1.54) is 23.8 Å². The SMILES string of the molecule is CO/N=C(\C(=O)C[C@@H]1C(=O)N2C(C(=O)O)=C(C[n+]3ccc4c(ccn4Cc4cc(C(=N)N)cs4)c3)CS[C@H]12)c1nsc(N)n1. The van der Waals surface area contributed by atoms with Gasteiger partial charge in [0.2, 0.25) is 11.7 Å². The second kappa shape index (κ2) is 11.8. The van der Waals surface area contributed by atoms with E-state index in [9.17, 15) is 19.5 Å². The Hall–Kier alpha value is -4.61. The van der Waals surface area contributed by atoms with Gasteiger partial charge in [-0.2, -0.15) is 9.36 Å². The molecule has 2 aliphatic heterocycles. The van der Waals surface area contributed by atoms with Gasteiger partial charge in [-0.15, -0.1) is 23.1 Å². The summed E-state index contributed by atoms with van der Waals surface area (Å²) in [5.74, 6) is -2.41. The predicted molar refractivity (Wildman–Crippen MR) is 165 cm³/mol. The van der Waals surface area contributed by atoms with Gasteiger partial charge >= 0.3 is 5.97 Å². The number of hydrogen-bond acceptors (Lipinski definition) is 12. The van der Waals surface area contributed by atoms with Gasteiger partial charge in [0.25, 0.3) is 0 Å². The van der Waals surface area contributed by atoms with Gasteiger partial charge in [0.15, 0.2) is 35.6 Å². The van der Waals surface area contributed by atoms with Crippen molar-refractivity contribution in [3.05, 3.63) is 69.7 Å². The molecule has 0 unspecified atom stereocenters. The molecule has 0 saturated carbocycles. The molecule has 4 aromatic heterocycles. The Balaban J connectivity index is 1.18. The summed E-state index contributed by atoms with van der Waals surface area (Å²) in [6, 6.07) is 5.86. The van der Waals surface area contributed by atoms with Gasteiger partial charge in [0.1, 0.15) is 18.6 Å². The van der Waals surface area contributed by atoms with E-state index < -0.39 is 29.0 Å². The highest BCUT2D eigenvalue weighted by atomic mass is 32.2. The van der Waals surface area contributed by atoms with Gasteiger partial charge < -0.3 is 26.0 Å². The molecule has 1 amide bonds. The fourth-order valence-electron chi connectivity index (χ4n) is 5.30. The minimum atomic E-state index is -1.19. The van der Waals surface area contributed by atoms with Crippen LogP contribution in [0.2, 0.25) is 0 Å². The first-order valence-electron chi connectivity index (χ1n) is 13.2. The third-order valence-corrected chi connectivity index (χ3v) is 10.2. The van der Waals surface area contributed by atoms with Crippen LogP contribution in [-0.4, -0.2) is 71.4 Å². The minimum absolute atomic E-state index is 0.0191. The van der Waals surface area contributed by atoms with Gasteiger partial charge in [0, 0.05) is 57.4 Å². The maximum absolute atomic E-state index is 13.2. The number of nitrogens with zero attached hydrogens (tertiary/aromatic N) is 6. The number of amidine groups is 1. The average molecular weight is 653 g/mol. The average Bonchev–Trinajstić information content (AvgIpc) is 3.74. The predicted octanol–water partition coefficient (Wildman–Crippen LogP) is 1.64. The lowest BCUT2D eigenvalue weighted by molar-refractivity contribution is -0.687. The maximum Gasteiger partial charge on any atom is 0.352 e. The number of aromatic nitrogens is 4. The Labute approximate surface area is 262 Å². The van der Waals surface area contributed by atoms with Crippen molar-refractivity contribution in [2.24, 2.45) is 16.8 Å². The van der Waals surface area contributed by atoms with E-state index in [1.54, 1.807) is 11.3 Å². The number of nitrogens with two attached hydrogens (primary N) is 2. The lowest BCUT2D eigenvalue weighted by Crippen LogP contribution is -2.62. The molecule has 4 aromatic rings. The summed E-state index contributed by atoms with van der Waals surface area (Å²) in [6.07, 6.45) is 5.61. The fraction of sp³-hybridized carbons (Fsp3) is 0.259. The van der Waals surface area contributed by atoms with Crippen molar-refractivity contribution >= 4 is 79.9 Å². The second-order valence-corrected chi connectivity index (χ2v) is 13.0. The fourth-order valence-corrected chi connectivity index (χ4v) is 8.02. The summed E-state index contributed by atoms with van der Waals surface area (Å²) in [7, 11) is 1.28. The summed E-state index contributed by atoms with van der Waals surface area (Å²) >= 11 is 3.87. The molecule has 0 aliphatic carbocycles. The zero-order valence-corrected chi connectivity index (χ0v) is 25.6. The summed E-state index contributed by atoms with van der Waals surface area (Å²) in [5, 5.41) is 24.0. The molecule has 1 fully saturated rings. The molecular formula is C27H26N9O5S3+. The first kappa shape index (κ1) is 29.5. The number of carboxylic acid groups (broad SMARTS) is 1. The van der Waals surface area contributed by atoms with Crippen molar-refractivity contribution in [1.82, 2.24) is 18.8 Å². The number of carboxylic acids is 1. The molecule has 0 spiro atoms. The van der Waals surface area contributed by atoms with Crippen LogP contribution in [0.3, 0.4) is 0 Å². The highest BCUT2D eigenvalue weighted by Gasteiger charge is 2.54. The van der Waals surface area contributed by atoms with Crippen molar-refractivity contribution in [2.45, 2.75) is 24.9 Å². The van der Waals surface area contributed by atoms with Crippen LogP contribution in [0.4, 0.5) is 5.13 Å². The second-order valence-electron chi connectivity index (χ2n) is 10.1. The number of anilines is 1. The van der Waals surface area contributed by atoms with E-state index in [1.807, 2.05) is 46.7 Å². The Kier molecular flexibility index (Phi) is 7.91. The van der Waals surface area contributed by atoms with Gasteiger partial charge in [0.05, 0.1) is 28.7 Å². The number of aliphatic carboxylic acids is 1. The van der Waals surface area contributed by atoms with Gasteiger partial charge in [-0.05, 0) is 12.1 Å². The highest BCUT2D eigenvalue weighted by molar-refractivity contribution is 8.00. The number of hydrogen-bond donors (Lipinski definition) is 4. The first-order chi connectivity index (χ1) is 21.1. The number of Topliss-reactive ketones (excluding diaryl/α,β-unsaturated/α-hetero) is 1. The lowest BCUT2D eigenvalue weighted by atomic mass is 9.89. The molecule has 14 nitrogen and oxygen atoms in total. The monoisotopic (exact) mass is 652 g/mol. The van der Waals surface area contributed by atoms with E-state index in [-0.39, 0.29) is 41.2 Å². The van der Waals surface area contributed by atoms with Crippen molar-refractivity contribution in [1.29, 1.82) is 5.41 Å². The topological polar surface area (TPSA) is 207 Å². The molecule has 226 valence electrons. The van der Waals surface area contributed by atoms with Gasteiger partial charge in [-0.1, -0.05) is 5.16 Å². The van der Waals surface area contributed by atoms with Gasteiger partial charge in [-0.25, -0.2) is 9.36 Å². The number of oxime groups is 1. The van der Waals surface area contributed by atoms with E-state index in [2.05, 4.69) is 19.1 Å². The molecule has 6 rings (SSSR count). The third kappa shape index (κ3) is 5.44. The number of amides is 1. The van der Waals surface area contributed by atoms with Crippen molar-refractivity contribution < 1.29 is 28.9 Å². The van der Waals surface area contributed by atoms with E-state index >= 15 is 0 Å². The smallest absolute Gasteiger partial charge is 0.352 e. The third-order valence-electron chi connectivity index (χ3n) is 7.30. The van der Waals surface area contributed by atoms with E-state index in [0.717, 1.165) is 27.3 Å². The number of pyridine rings is 1. The zero-order valence-electron chi connectivity index (χ0n) is 23.2. The number of carbonyl (C=O) groups excluding carboxylic acids is 2. The summed E-state index contributed by atoms with van der Waals surface area (Å²) in [6.45, 7) is 0.913. The van der Waals surface area contributed by atoms with Crippen LogP contribution >= 0.6 is 34.6 Å². The molecular weight excluding hydrogens is 627 g/mol. The largest absolute Gasteiger partial charge is 0.477 e. The Bertz CT molecular complexity index is 1890. The molecule has 2 aliphatic rings. The highest BCUT2D eigenvalue weighted by Crippen LogP contribution is 2.45. The standard InChI is InChI=1S/C27H25N9O5S3/c1-41-32-20(23-31-27(30)44-33-23)19(37)7-17-24(38)36-21(26(39)40)15(12-43-25(17)36)9-34-4-3-18-13(8-34)2-5-35(18)10-16-6-14(11-42-16)22(28)29/h2-6,8,11,17,25H,7,9-10,12H2,1H3,(H5-,28,29,30,31,33,39,40)/p+1/b32-20+/t17-,25-/m1/s1. The number of rotatable bonds is 11. The summed E-state index contributed by atoms with van der Waals surface area (Å²) in [4.78, 5) is 49.9. The number of nitrogen functional groups attached to an aromatic ring is 2. The van der Waals surface area contributed by atoms with Crippen LogP contribution in [0.1, 0.15) is 22.7 Å². The van der Waals surface area contributed by atoms with Crippen molar-refractivity contribution in [2.75, 3.05) is 18.6 Å². The van der Waals surface area contributed by atoms with Crippen LogP contribution in [0.15, 0.2) is 58.6 Å². The minimum Gasteiger partial charge on any atom is -0.477 e. The number of thioether (sulfide) groups is 1. The number of β-lactam (4-membered cyclic amide) rings is 1. The number of carbonyl (C=O) groups is 3. The Morgan fingerprint density at radius 2 is 2.16 bits per heavy atom. The van der Waals surface area contributed by atoms with Gasteiger partial charge in [-0.3, -0.25) is 19.9 Å². The van der Waals surface area contributed by atoms with Crippen molar-refractivity contribution in [3.8, 4) is 0 Å². The molecule has 0 bridgehead atoms. The Morgan fingerprint density at radius 1 is 1.34 bits per heavy atom. The molecule has 6 heterocycles. The number of fused-ring (bicyclic) bond motifs is 2. The van der Waals surface area contributed by atoms with Crippen LogP contribution in [-0.2, 0) is 32.3 Å². The number of thiophene rings is 1. The van der Waals surface area contributed by atoms with Crippen LogP contribution in [0.5, 0.6) is 0 Å². The Morgan fingerprint density at radius 3 is 2.84 bits per heavy atom. The van der Waals surface area contributed by atoms with E-state index in [4.69, 9.17) is 21.7 Å². The molecule has 44 heavy (non-hydrogen) atoms. The summed E-state index contributed by atoms with van der Waals surface area (Å²) in [5.41, 5.74) is 13.3. The maximum atomic E-state index is 13.2. The molecule has 2 atom stereocenters. The summed E-state index contributed by atoms with van der Waals surface area (Å²) < 4.78 is 8.01. The molecule has 0 aromatic carbocycles. The molecule has 0 radical (unpaired) electrons. The quantitative estimate of drug-likeness (QED) is 0.0606. The van der Waals surface area contributed by atoms with Crippen molar-refractivity contribution in [3.63, 3.8) is 0 Å².